The lowest BCUT2D eigenvalue weighted by molar-refractivity contribution is -0.146. The molecule has 2 atom stereocenters. The molecule has 0 aromatic heterocycles. The number of likely N-dealkylation sites (tertiary alicyclic amines) is 1. The maximum Gasteiger partial charge on any atom is 0.309 e. The Hall–Kier alpha value is -2.21. The van der Waals surface area contributed by atoms with Crippen molar-refractivity contribution in [2.45, 2.75) is 31.4 Å². The lowest BCUT2D eigenvalue weighted by Crippen LogP contribution is -2.52. The van der Waals surface area contributed by atoms with Crippen LogP contribution in [0.5, 0.6) is 0 Å². The first kappa shape index (κ1) is 21.0. The fourth-order valence-corrected chi connectivity index (χ4v) is 5.00. The molecule has 0 saturated carbocycles. The van der Waals surface area contributed by atoms with Crippen molar-refractivity contribution in [2.24, 2.45) is 5.92 Å². The van der Waals surface area contributed by atoms with Gasteiger partial charge in [0.25, 0.3) is 0 Å². The minimum atomic E-state index is -0.703. The number of benzene rings is 2. The number of aryl methyl sites for hydroxylation is 2. The monoisotopic (exact) mass is 408 g/mol. The fourth-order valence-electron chi connectivity index (χ4n) is 5.00. The van der Waals surface area contributed by atoms with E-state index in [1.807, 2.05) is 14.1 Å². The van der Waals surface area contributed by atoms with Crippen molar-refractivity contribution in [1.82, 2.24) is 9.80 Å². The zero-order chi connectivity index (χ0) is 21.1. The standard InChI is InChI=1S/C25H32N2O3/c1-26-14-13-23(22(17-26)25(28)29)27(2)15-16-30-24-20-9-5-3-7-18(20)11-12-19-8-4-6-10-21(19)24/h3-10,22-24H,11-17H2,1-2H3,(H,28,29). The molecule has 0 spiro atoms. The largest absolute Gasteiger partial charge is 0.481 e. The van der Waals surface area contributed by atoms with E-state index in [2.05, 4.69) is 58.3 Å². The van der Waals surface area contributed by atoms with Crippen molar-refractivity contribution in [3.05, 3.63) is 70.8 Å². The Kier molecular flexibility index (Phi) is 6.52. The van der Waals surface area contributed by atoms with Gasteiger partial charge in [0.05, 0.1) is 12.5 Å². The van der Waals surface area contributed by atoms with Crippen LogP contribution in [0.4, 0.5) is 0 Å². The number of ether oxygens (including phenoxy) is 1. The second-order valence-electron chi connectivity index (χ2n) is 8.69. The molecule has 2 aromatic carbocycles. The van der Waals surface area contributed by atoms with Gasteiger partial charge in [0, 0.05) is 19.1 Å². The van der Waals surface area contributed by atoms with Gasteiger partial charge in [-0.15, -0.1) is 0 Å². The fraction of sp³-hybridized carbons (Fsp3) is 0.480. The summed E-state index contributed by atoms with van der Waals surface area (Å²) < 4.78 is 6.49. The van der Waals surface area contributed by atoms with Crippen LogP contribution in [-0.4, -0.2) is 67.3 Å². The second kappa shape index (κ2) is 9.29. The Balaban J connectivity index is 1.47. The zero-order valence-corrected chi connectivity index (χ0v) is 18.0. The molecule has 0 radical (unpaired) electrons. The molecule has 5 nitrogen and oxygen atoms in total. The second-order valence-corrected chi connectivity index (χ2v) is 8.69. The number of fused-ring (bicyclic) bond motifs is 2. The molecule has 1 N–H and O–H groups in total. The van der Waals surface area contributed by atoms with Crippen LogP contribution < -0.4 is 0 Å². The quantitative estimate of drug-likeness (QED) is 0.795. The highest BCUT2D eigenvalue weighted by Crippen LogP contribution is 2.35. The molecule has 2 aromatic rings. The van der Waals surface area contributed by atoms with E-state index in [0.717, 1.165) is 32.4 Å². The lowest BCUT2D eigenvalue weighted by atomic mass is 9.91. The van der Waals surface area contributed by atoms with Gasteiger partial charge in [-0.25, -0.2) is 0 Å². The van der Waals surface area contributed by atoms with Crippen molar-refractivity contribution in [2.75, 3.05) is 40.3 Å². The molecule has 2 unspecified atom stereocenters. The van der Waals surface area contributed by atoms with E-state index in [4.69, 9.17) is 4.74 Å². The van der Waals surface area contributed by atoms with Gasteiger partial charge in [-0.05, 0) is 62.2 Å². The van der Waals surface area contributed by atoms with E-state index in [1.54, 1.807) is 0 Å². The van der Waals surface area contributed by atoms with Gasteiger partial charge >= 0.3 is 5.97 Å². The number of hydrogen-bond donors (Lipinski definition) is 1. The van der Waals surface area contributed by atoms with Crippen LogP contribution in [0.3, 0.4) is 0 Å². The molecule has 0 bridgehead atoms. The maximum absolute atomic E-state index is 11.8. The predicted molar refractivity (Wildman–Crippen MR) is 118 cm³/mol. The molecule has 30 heavy (non-hydrogen) atoms. The smallest absolute Gasteiger partial charge is 0.309 e. The number of carboxylic acid groups (broad SMARTS) is 1. The molecular weight excluding hydrogens is 376 g/mol. The maximum atomic E-state index is 11.8. The summed E-state index contributed by atoms with van der Waals surface area (Å²) in [5.41, 5.74) is 5.22. The summed E-state index contributed by atoms with van der Waals surface area (Å²) in [6, 6.07) is 17.2. The van der Waals surface area contributed by atoms with Gasteiger partial charge in [0.1, 0.15) is 6.10 Å². The lowest BCUT2D eigenvalue weighted by Gasteiger charge is -2.39. The zero-order valence-electron chi connectivity index (χ0n) is 18.0. The molecule has 1 aliphatic carbocycles. The Morgan fingerprint density at radius 1 is 1.10 bits per heavy atom. The number of rotatable bonds is 6. The van der Waals surface area contributed by atoms with Crippen LogP contribution in [0, 0.1) is 5.92 Å². The predicted octanol–water partition coefficient (Wildman–Crippen LogP) is 3.23. The minimum absolute atomic E-state index is 0.0519. The van der Waals surface area contributed by atoms with E-state index in [-0.39, 0.29) is 18.1 Å². The molecule has 2 aliphatic rings. The molecule has 5 heteroatoms. The van der Waals surface area contributed by atoms with Crippen LogP contribution in [0.25, 0.3) is 0 Å². The van der Waals surface area contributed by atoms with E-state index in [1.165, 1.54) is 22.3 Å². The Bertz CT molecular complexity index is 837. The van der Waals surface area contributed by atoms with Gasteiger partial charge in [0.15, 0.2) is 0 Å². The molecule has 1 saturated heterocycles. The van der Waals surface area contributed by atoms with Crippen LogP contribution in [0.1, 0.15) is 34.8 Å². The van der Waals surface area contributed by atoms with Crippen LogP contribution >= 0.6 is 0 Å². The summed E-state index contributed by atoms with van der Waals surface area (Å²) in [5.74, 6) is -1.06. The van der Waals surface area contributed by atoms with Crippen molar-refractivity contribution < 1.29 is 14.6 Å². The van der Waals surface area contributed by atoms with Crippen molar-refractivity contribution in [3.8, 4) is 0 Å². The van der Waals surface area contributed by atoms with Crippen molar-refractivity contribution >= 4 is 5.97 Å². The topological polar surface area (TPSA) is 53.0 Å². The van der Waals surface area contributed by atoms with E-state index >= 15 is 0 Å². The number of carboxylic acids is 1. The van der Waals surface area contributed by atoms with Crippen molar-refractivity contribution in [3.63, 3.8) is 0 Å². The molecular formula is C25H32N2O3. The SMILES string of the molecule is CN1CCC(N(C)CCOC2c3ccccc3CCc3ccccc32)C(C(=O)O)C1. The minimum Gasteiger partial charge on any atom is -0.481 e. The molecule has 1 fully saturated rings. The highest BCUT2D eigenvalue weighted by molar-refractivity contribution is 5.71. The third kappa shape index (κ3) is 4.43. The first-order valence-electron chi connectivity index (χ1n) is 10.9. The molecule has 0 amide bonds. The first-order valence-corrected chi connectivity index (χ1v) is 10.9. The summed E-state index contributed by atoms with van der Waals surface area (Å²) in [5, 5.41) is 9.67. The third-order valence-corrected chi connectivity index (χ3v) is 6.73. The Morgan fingerprint density at radius 2 is 1.70 bits per heavy atom. The van der Waals surface area contributed by atoms with Crippen LogP contribution in [-0.2, 0) is 22.4 Å². The number of piperidine rings is 1. The van der Waals surface area contributed by atoms with Crippen molar-refractivity contribution in [1.29, 1.82) is 0 Å². The number of aliphatic carboxylic acids is 1. The Labute approximate surface area is 179 Å². The number of carbonyl (C=O) groups is 1. The average molecular weight is 409 g/mol. The Morgan fingerprint density at radius 3 is 2.30 bits per heavy atom. The van der Waals surface area contributed by atoms with Gasteiger partial charge in [0.2, 0.25) is 0 Å². The third-order valence-electron chi connectivity index (χ3n) is 6.73. The highest BCUT2D eigenvalue weighted by atomic mass is 16.5. The van der Waals surface area contributed by atoms with Crippen LogP contribution in [0.15, 0.2) is 48.5 Å². The average Bonchev–Trinajstić information content (AvgIpc) is 2.91. The van der Waals surface area contributed by atoms with E-state index in [0.29, 0.717) is 13.2 Å². The first-order chi connectivity index (χ1) is 14.5. The number of nitrogens with zero attached hydrogens (tertiary/aromatic N) is 2. The van der Waals surface area contributed by atoms with Gasteiger partial charge < -0.3 is 19.6 Å². The molecule has 1 aliphatic heterocycles. The summed E-state index contributed by atoms with van der Waals surface area (Å²) in [4.78, 5) is 16.1. The number of hydrogen-bond acceptors (Lipinski definition) is 4. The summed E-state index contributed by atoms with van der Waals surface area (Å²) in [6.45, 7) is 2.83. The highest BCUT2D eigenvalue weighted by Gasteiger charge is 2.35. The summed E-state index contributed by atoms with van der Waals surface area (Å²) in [6.07, 6.45) is 2.87. The van der Waals surface area contributed by atoms with E-state index in [9.17, 15) is 9.90 Å². The van der Waals surface area contributed by atoms with E-state index < -0.39 is 5.97 Å². The molecule has 1 heterocycles. The van der Waals surface area contributed by atoms with Gasteiger partial charge in [-0.1, -0.05) is 48.5 Å². The summed E-state index contributed by atoms with van der Waals surface area (Å²) >= 11 is 0. The molecule has 4 rings (SSSR count). The van der Waals surface area contributed by atoms with Gasteiger partial charge in [-0.3, -0.25) is 4.79 Å². The molecule has 160 valence electrons. The van der Waals surface area contributed by atoms with Crippen LogP contribution in [0.2, 0.25) is 0 Å². The summed E-state index contributed by atoms with van der Waals surface area (Å²) in [7, 11) is 4.03. The normalized spacial score (nSPS) is 22.4. The van der Waals surface area contributed by atoms with Gasteiger partial charge in [-0.2, -0.15) is 0 Å². The number of likely N-dealkylation sites (N-methyl/N-ethyl adjacent to an activating group) is 1.